The Kier molecular flexibility index (Phi) is 57.8. The Morgan fingerprint density at radius 1 is 0.408 bits per heavy atom. The van der Waals surface area contributed by atoms with Crippen LogP contribution in [0.1, 0.15) is 355 Å². The first kappa shape index (κ1) is 69.3. The summed E-state index contributed by atoms with van der Waals surface area (Å²) >= 11 is 0. The summed E-state index contributed by atoms with van der Waals surface area (Å²) in [4.78, 5) is 26.4. The lowest BCUT2D eigenvalue weighted by atomic mass is 10.0. The molecule has 0 radical (unpaired) electrons. The molecule has 0 aromatic rings. The molecule has 0 spiro atoms. The van der Waals surface area contributed by atoms with Crippen molar-refractivity contribution >= 4 is 11.9 Å². The lowest BCUT2D eigenvalue weighted by Gasteiger charge is -2.24. The van der Waals surface area contributed by atoms with Crippen LogP contribution in [0.4, 0.5) is 0 Å². The second kappa shape index (κ2) is 59.2. The quantitative estimate of drug-likeness (QED) is 0.0320. The van der Waals surface area contributed by atoms with E-state index in [0.29, 0.717) is 19.3 Å². The van der Waals surface area contributed by atoms with Gasteiger partial charge in [-0.1, -0.05) is 308 Å². The molecule has 0 saturated heterocycles. The number of allylic oxidation sites excluding steroid dienone is 4. The summed E-state index contributed by atoms with van der Waals surface area (Å²) in [6.45, 7) is 6.52. The zero-order valence-electron chi connectivity index (χ0n) is 48.1. The number of aliphatic hydroxyl groups excluding tert-OH is 2. The van der Waals surface area contributed by atoms with Crippen LogP contribution in [0.2, 0.25) is 0 Å². The molecule has 0 aliphatic heterocycles. The molecule has 6 nitrogen and oxygen atoms in total. The summed E-state index contributed by atoms with van der Waals surface area (Å²) in [5, 5.41) is 24.0. The van der Waals surface area contributed by atoms with E-state index in [0.717, 1.165) is 51.4 Å². The minimum Gasteiger partial charge on any atom is -0.462 e. The van der Waals surface area contributed by atoms with Gasteiger partial charge < -0.3 is 20.3 Å². The lowest BCUT2D eigenvalue weighted by molar-refractivity contribution is -0.151. The minimum atomic E-state index is -0.786. The Morgan fingerprint density at radius 2 is 0.718 bits per heavy atom. The van der Waals surface area contributed by atoms with E-state index >= 15 is 0 Å². The Balaban J connectivity index is 4.50. The summed E-state index contributed by atoms with van der Waals surface area (Å²) < 4.78 is 5.99. The van der Waals surface area contributed by atoms with E-state index in [1.807, 2.05) is 0 Å². The van der Waals surface area contributed by atoms with Crippen molar-refractivity contribution in [2.45, 2.75) is 373 Å². The van der Waals surface area contributed by atoms with Crippen molar-refractivity contribution in [3.63, 3.8) is 0 Å². The molecule has 3 N–H and O–H groups in total. The second-order valence-electron chi connectivity index (χ2n) is 22.2. The van der Waals surface area contributed by atoms with Crippen molar-refractivity contribution < 1.29 is 24.5 Å². The fraction of sp³-hybridized carbons (Fsp3) is 0.908. The summed E-state index contributed by atoms with van der Waals surface area (Å²) in [5.41, 5.74) is 0. The lowest BCUT2D eigenvalue weighted by Crippen LogP contribution is -2.46. The smallest absolute Gasteiger partial charge is 0.306 e. The third-order valence-electron chi connectivity index (χ3n) is 15.0. The SMILES string of the molecule is CCCCC/C=C\C/C=C\CCCCCCCCCCCC(=O)OC(CCCCCCCCCCCCCCCCCCC)CC(=O)NC(CO)C(O)CCCCCCCCCCCCCCCCCC. The molecule has 0 saturated carbocycles. The first-order valence-electron chi connectivity index (χ1n) is 32.1. The fourth-order valence-corrected chi connectivity index (χ4v) is 10.2. The number of unbranched alkanes of at least 4 members (excludes halogenated alkanes) is 43. The van der Waals surface area contributed by atoms with E-state index in [1.165, 1.54) is 257 Å². The molecule has 3 atom stereocenters. The molecule has 0 aliphatic carbocycles. The van der Waals surface area contributed by atoms with Gasteiger partial charge in [-0.15, -0.1) is 0 Å². The molecule has 0 aliphatic rings. The summed E-state index contributed by atoms with van der Waals surface area (Å²) in [7, 11) is 0. The summed E-state index contributed by atoms with van der Waals surface area (Å²) in [6.07, 6.45) is 71.1. The van der Waals surface area contributed by atoms with Gasteiger partial charge in [0, 0.05) is 6.42 Å². The van der Waals surface area contributed by atoms with Gasteiger partial charge in [-0.25, -0.2) is 0 Å². The van der Waals surface area contributed by atoms with Crippen molar-refractivity contribution in [2.24, 2.45) is 0 Å². The number of amides is 1. The van der Waals surface area contributed by atoms with Gasteiger partial charge in [-0.3, -0.25) is 9.59 Å². The number of aliphatic hydroxyl groups is 2. The number of rotatable bonds is 59. The van der Waals surface area contributed by atoms with Crippen molar-refractivity contribution in [2.75, 3.05) is 6.61 Å². The van der Waals surface area contributed by atoms with Gasteiger partial charge in [0.25, 0.3) is 0 Å². The number of hydrogen-bond acceptors (Lipinski definition) is 5. The van der Waals surface area contributed by atoms with Crippen molar-refractivity contribution in [3.8, 4) is 0 Å². The van der Waals surface area contributed by atoms with Crippen molar-refractivity contribution in [1.29, 1.82) is 0 Å². The first-order chi connectivity index (χ1) is 35.0. The second-order valence-corrected chi connectivity index (χ2v) is 22.2. The fourth-order valence-electron chi connectivity index (χ4n) is 10.2. The Bertz CT molecular complexity index is 1120. The average Bonchev–Trinajstić information content (AvgIpc) is 3.36. The van der Waals surface area contributed by atoms with Crippen molar-refractivity contribution in [3.05, 3.63) is 24.3 Å². The van der Waals surface area contributed by atoms with Gasteiger partial charge in [0.05, 0.1) is 25.2 Å². The third-order valence-corrected chi connectivity index (χ3v) is 15.0. The average molecular weight is 1000 g/mol. The number of nitrogens with one attached hydrogen (secondary N) is 1. The van der Waals surface area contributed by atoms with Crippen LogP contribution in [0.25, 0.3) is 0 Å². The van der Waals surface area contributed by atoms with Gasteiger partial charge in [-0.05, 0) is 57.8 Å². The highest BCUT2D eigenvalue weighted by Gasteiger charge is 2.24. The largest absolute Gasteiger partial charge is 0.462 e. The van der Waals surface area contributed by atoms with Crippen molar-refractivity contribution in [1.82, 2.24) is 5.32 Å². The highest BCUT2D eigenvalue weighted by molar-refractivity contribution is 5.77. The maximum Gasteiger partial charge on any atom is 0.306 e. The molecule has 3 unspecified atom stereocenters. The van der Waals surface area contributed by atoms with Gasteiger partial charge in [0.15, 0.2) is 0 Å². The minimum absolute atomic E-state index is 0.0830. The molecule has 0 rings (SSSR count). The number of carbonyl (C=O) groups excluding carboxylic acids is 2. The van der Waals surface area contributed by atoms with Crippen LogP contribution in [-0.2, 0) is 14.3 Å². The van der Waals surface area contributed by atoms with Crippen LogP contribution < -0.4 is 5.32 Å². The standard InChI is InChI=1S/C65H125NO5/c1-4-7-10-13-16-19-22-25-28-31-32-34-37-40-43-46-49-52-55-58-65(70)71-61(56-53-50-47-44-41-38-35-33-29-26-23-20-17-14-11-8-5-2)59-64(69)66-62(60-67)63(68)57-54-51-48-45-42-39-36-30-27-24-21-18-15-12-9-6-3/h16,19,25,28,61-63,67-68H,4-15,17-18,20-24,26-27,29-60H2,1-3H3,(H,66,69)/b19-16-,28-25-. The number of ether oxygens (including phenoxy) is 1. The van der Waals surface area contributed by atoms with Crippen LogP contribution >= 0.6 is 0 Å². The number of hydrogen-bond donors (Lipinski definition) is 3. The molecule has 420 valence electrons. The molecule has 0 heterocycles. The van der Waals surface area contributed by atoms with Gasteiger partial charge in [0.2, 0.25) is 5.91 Å². The van der Waals surface area contributed by atoms with Crippen LogP contribution in [0.15, 0.2) is 24.3 Å². The van der Waals surface area contributed by atoms with E-state index < -0.39 is 18.2 Å². The molecule has 0 aromatic heterocycles. The molecule has 0 fully saturated rings. The highest BCUT2D eigenvalue weighted by atomic mass is 16.5. The molecule has 6 heteroatoms. The summed E-state index contributed by atoms with van der Waals surface area (Å²) in [5.74, 6) is -0.453. The van der Waals surface area contributed by atoms with E-state index in [-0.39, 0.29) is 24.9 Å². The summed E-state index contributed by atoms with van der Waals surface area (Å²) in [6, 6.07) is -0.699. The molecular formula is C65H125NO5. The van der Waals surface area contributed by atoms with Gasteiger partial charge in [0.1, 0.15) is 6.10 Å². The normalized spacial score (nSPS) is 13.1. The Hall–Kier alpha value is -1.66. The van der Waals surface area contributed by atoms with Crippen LogP contribution in [0.3, 0.4) is 0 Å². The monoisotopic (exact) mass is 1000 g/mol. The molecule has 0 bridgehead atoms. The zero-order chi connectivity index (χ0) is 51.6. The predicted octanol–water partition coefficient (Wildman–Crippen LogP) is 20.2. The molecular weight excluding hydrogens is 875 g/mol. The van der Waals surface area contributed by atoms with Gasteiger partial charge in [-0.2, -0.15) is 0 Å². The molecule has 71 heavy (non-hydrogen) atoms. The van der Waals surface area contributed by atoms with Crippen LogP contribution in [-0.4, -0.2) is 46.9 Å². The molecule has 1 amide bonds. The maximum atomic E-state index is 13.3. The third kappa shape index (κ3) is 54.4. The Morgan fingerprint density at radius 3 is 1.10 bits per heavy atom. The van der Waals surface area contributed by atoms with E-state index in [4.69, 9.17) is 4.74 Å². The van der Waals surface area contributed by atoms with Crippen LogP contribution in [0.5, 0.6) is 0 Å². The first-order valence-corrected chi connectivity index (χ1v) is 32.1. The zero-order valence-corrected chi connectivity index (χ0v) is 48.1. The van der Waals surface area contributed by atoms with E-state index in [2.05, 4.69) is 50.4 Å². The Labute approximate surface area is 443 Å². The van der Waals surface area contributed by atoms with E-state index in [9.17, 15) is 19.8 Å². The number of esters is 1. The topological polar surface area (TPSA) is 95.9 Å². The highest BCUT2D eigenvalue weighted by Crippen LogP contribution is 2.20. The predicted molar refractivity (Wildman–Crippen MR) is 310 cm³/mol. The van der Waals surface area contributed by atoms with Crippen LogP contribution in [0, 0.1) is 0 Å². The van der Waals surface area contributed by atoms with Gasteiger partial charge >= 0.3 is 5.97 Å². The number of carbonyl (C=O) groups is 2. The van der Waals surface area contributed by atoms with E-state index in [1.54, 1.807) is 0 Å². The maximum absolute atomic E-state index is 13.3. The molecule has 0 aromatic carbocycles.